The summed E-state index contributed by atoms with van der Waals surface area (Å²) in [7, 11) is 0. The second-order valence-corrected chi connectivity index (χ2v) is 3.43. The van der Waals surface area contributed by atoms with Crippen molar-refractivity contribution in [3.05, 3.63) is 41.5 Å². The van der Waals surface area contributed by atoms with Gasteiger partial charge in [0.15, 0.2) is 0 Å². The number of hydrogen-bond donors (Lipinski definition) is 0. The van der Waals surface area contributed by atoms with Gasteiger partial charge in [0.2, 0.25) is 0 Å². The first-order chi connectivity index (χ1) is 6.31. The molecule has 0 spiro atoms. The van der Waals surface area contributed by atoms with Gasteiger partial charge in [0.25, 0.3) is 0 Å². The molecule has 0 atom stereocenters. The van der Waals surface area contributed by atoms with Gasteiger partial charge in [-0.05, 0) is 36.0 Å². The van der Waals surface area contributed by atoms with E-state index in [2.05, 4.69) is 24.8 Å². The van der Waals surface area contributed by atoms with E-state index in [1.165, 1.54) is 24.0 Å². The third kappa shape index (κ3) is 1.36. The molecule has 1 aromatic carbocycles. The van der Waals surface area contributed by atoms with Crippen LogP contribution in [0, 0.1) is 11.3 Å². The highest BCUT2D eigenvalue weighted by Gasteiger charge is 2.11. The molecule has 13 heavy (non-hydrogen) atoms. The van der Waals surface area contributed by atoms with Gasteiger partial charge in [0, 0.05) is 0 Å². The number of fused-ring (bicyclic) bond motifs is 1. The van der Waals surface area contributed by atoms with Crippen LogP contribution < -0.4 is 0 Å². The maximum atomic E-state index is 8.69. The van der Waals surface area contributed by atoms with Gasteiger partial charge in [0.05, 0.1) is 11.6 Å². The van der Waals surface area contributed by atoms with E-state index in [0.29, 0.717) is 5.57 Å². The second kappa shape index (κ2) is 3.06. The van der Waals surface area contributed by atoms with Gasteiger partial charge in [-0.2, -0.15) is 5.26 Å². The molecule has 0 bridgehead atoms. The summed E-state index contributed by atoms with van der Waals surface area (Å²) >= 11 is 0. The first kappa shape index (κ1) is 8.07. The Labute approximate surface area is 78.3 Å². The highest BCUT2D eigenvalue weighted by Crippen LogP contribution is 2.24. The van der Waals surface area contributed by atoms with Crippen LogP contribution in [0.5, 0.6) is 0 Å². The molecule has 0 aliphatic heterocycles. The number of hydrogen-bond acceptors (Lipinski definition) is 1. The molecule has 0 unspecified atom stereocenters. The van der Waals surface area contributed by atoms with E-state index in [1.54, 1.807) is 0 Å². The van der Waals surface area contributed by atoms with Gasteiger partial charge < -0.3 is 0 Å². The molecular formula is C12H11N. The van der Waals surface area contributed by atoms with Crippen LogP contribution in [-0.4, -0.2) is 0 Å². The Hall–Kier alpha value is -1.55. The van der Waals surface area contributed by atoms with Gasteiger partial charge in [-0.3, -0.25) is 0 Å². The monoisotopic (exact) mass is 169 g/mol. The lowest BCUT2D eigenvalue weighted by molar-refractivity contribution is 0.912. The summed E-state index contributed by atoms with van der Waals surface area (Å²) in [4.78, 5) is 0. The number of nitrogens with zero attached hydrogens (tertiary/aromatic N) is 1. The molecule has 0 N–H and O–H groups in total. The van der Waals surface area contributed by atoms with Crippen LogP contribution in [0.3, 0.4) is 0 Å². The molecular weight excluding hydrogens is 158 g/mol. The van der Waals surface area contributed by atoms with Crippen molar-refractivity contribution in [2.45, 2.75) is 19.3 Å². The zero-order valence-electron chi connectivity index (χ0n) is 7.51. The maximum Gasteiger partial charge on any atom is 0.0991 e. The van der Waals surface area contributed by atoms with Crippen LogP contribution in [0.25, 0.3) is 5.57 Å². The minimum absolute atomic E-state index is 0.565. The van der Waals surface area contributed by atoms with Crippen molar-refractivity contribution in [2.75, 3.05) is 0 Å². The van der Waals surface area contributed by atoms with Crippen LogP contribution in [0.4, 0.5) is 0 Å². The molecule has 0 amide bonds. The van der Waals surface area contributed by atoms with Gasteiger partial charge in [-0.15, -0.1) is 0 Å². The molecule has 1 aliphatic carbocycles. The molecule has 1 aliphatic rings. The van der Waals surface area contributed by atoms with Crippen molar-refractivity contribution in [1.29, 1.82) is 5.26 Å². The summed E-state index contributed by atoms with van der Waals surface area (Å²) in [6, 6.07) is 8.30. The molecule has 64 valence electrons. The zero-order valence-corrected chi connectivity index (χ0v) is 7.51. The average Bonchev–Trinajstić information content (AvgIpc) is 2.63. The van der Waals surface area contributed by atoms with Gasteiger partial charge >= 0.3 is 0 Å². The fourth-order valence-electron chi connectivity index (χ4n) is 1.82. The molecule has 0 saturated heterocycles. The van der Waals surface area contributed by atoms with E-state index in [0.717, 1.165) is 12.0 Å². The van der Waals surface area contributed by atoms with Crippen molar-refractivity contribution in [1.82, 2.24) is 0 Å². The number of benzene rings is 1. The predicted molar refractivity (Wildman–Crippen MR) is 53.1 cm³/mol. The van der Waals surface area contributed by atoms with Crippen LogP contribution in [0.15, 0.2) is 24.8 Å². The number of aryl methyl sites for hydroxylation is 2. The predicted octanol–water partition coefficient (Wildman–Crippen LogP) is 2.71. The standard InChI is InChI=1S/C12H11N/c1-9(8-13)11-6-5-10-3-2-4-12(10)7-11/h5-7H,1-4H2. The lowest BCUT2D eigenvalue weighted by atomic mass is 10.0. The van der Waals surface area contributed by atoms with E-state index in [1.807, 2.05) is 6.07 Å². The Kier molecular flexibility index (Phi) is 1.90. The zero-order chi connectivity index (χ0) is 9.26. The normalized spacial score (nSPS) is 13.5. The summed E-state index contributed by atoms with van der Waals surface area (Å²) in [5, 5.41) is 8.69. The van der Waals surface area contributed by atoms with Crippen LogP contribution in [0.2, 0.25) is 0 Å². The Morgan fingerprint density at radius 3 is 2.85 bits per heavy atom. The minimum Gasteiger partial charge on any atom is -0.192 e. The average molecular weight is 169 g/mol. The van der Waals surface area contributed by atoms with Crippen LogP contribution >= 0.6 is 0 Å². The third-order valence-electron chi connectivity index (χ3n) is 2.58. The van der Waals surface area contributed by atoms with Crippen molar-refractivity contribution < 1.29 is 0 Å². The van der Waals surface area contributed by atoms with Gasteiger partial charge in [-0.1, -0.05) is 24.8 Å². The lowest BCUT2D eigenvalue weighted by Crippen LogP contribution is -1.85. The maximum absolute atomic E-state index is 8.69. The molecule has 0 radical (unpaired) electrons. The molecule has 1 nitrogen and oxygen atoms in total. The largest absolute Gasteiger partial charge is 0.192 e. The number of rotatable bonds is 1. The molecule has 0 aromatic heterocycles. The molecule has 1 heteroatoms. The third-order valence-corrected chi connectivity index (χ3v) is 2.58. The Bertz CT molecular complexity index is 396. The minimum atomic E-state index is 0.565. The molecule has 0 saturated carbocycles. The quantitative estimate of drug-likeness (QED) is 0.593. The fraction of sp³-hybridized carbons (Fsp3) is 0.250. The van der Waals surface area contributed by atoms with E-state index in [9.17, 15) is 0 Å². The summed E-state index contributed by atoms with van der Waals surface area (Å²) in [5.74, 6) is 0. The van der Waals surface area contributed by atoms with E-state index >= 15 is 0 Å². The van der Waals surface area contributed by atoms with Crippen molar-refractivity contribution in [3.63, 3.8) is 0 Å². The Morgan fingerprint density at radius 1 is 1.31 bits per heavy atom. The molecule has 0 heterocycles. The van der Waals surface area contributed by atoms with Gasteiger partial charge in [-0.25, -0.2) is 0 Å². The first-order valence-electron chi connectivity index (χ1n) is 4.52. The van der Waals surface area contributed by atoms with E-state index in [4.69, 9.17) is 5.26 Å². The highest BCUT2D eigenvalue weighted by molar-refractivity contribution is 5.75. The van der Waals surface area contributed by atoms with Gasteiger partial charge in [0.1, 0.15) is 0 Å². The summed E-state index contributed by atoms with van der Waals surface area (Å²) in [6.45, 7) is 3.71. The fourth-order valence-corrected chi connectivity index (χ4v) is 1.82. The number of allylic oxidation sites excluding steroid dienone is 1. The van der Waals surface area contributed by atoms with E-state index < -0.39 is 0 Å². The SMILES string of the molecule is C=C(C#N)c1ccc2c(c1)CCC2. The molecule has 2 rings (SSSR count). The van der Waals surface area contributed by atoms with Crippen molar-refractivity contribution in [3.8, 4) is 6.07 Å². The lowest BCUT2D eigenvalue weighted by Gasteiger charge is -2.01. The van der Waals surface area contributed by atoms with Crippen molar-refractivity contribution >= 4 is 5.57 Å². The Balaban J connectivity index is 2.43. The van der Waals surface area contributed by atoms with E-state index in [-0.39, 0.29) is 0 Å². The number of nitriles is 1. The van der Waals surface area contributed by atoms with Crippen molar-refractivity contribution in [2.24, 2.45) is 0 Å². The molecule has 1 aromatic rings. The Morgan fingerprint density at radius 2 is 2.08 bits per heavy atom. The second-order valence-electron chi connectivity index (χ2n) is 3.43. The van der Waals surface area contributed by atoms with Crippen LogP contribution in [-0.2, 0) is 12.8 Å². The highest BCUT2D eigenvalue weighted by atomic mass is 14.2. The summed E-state index contributed by atoms with van der Waals surface area (Å²) in [6.07, 6.45) is 3.59. The molecule has 0 fully saturated rings. The summed E-state index contributed by atoms with van der Waals surface area (Å²) in [5.41, 5.74) is 4.38. The topological polar surface area (TPSA) is 23.8 Å². The summed E-state index contributed by atoms with van der Waals surface area (Å²) < 4.78 is 0. The smallest absolute Gasteiger partial charge is 0.0991 e. The first-order valence-corrected chi connectivity index (χ1v) is 4.52. The van der Waals surface area contributed by atoms with Crippen LogP contribution in [0.1, 0.15) is 23.1 Å².